The molecule has 4 nitrogen and oxygen atoms in total. The summed E-state index contributed by atoms with van der Waals surface area (Å²) < 4.78 is 5.36. The number of carbonyl (C=O) groups excluding carboxylic acids is 1. The molecule has 1 rings (SSSR count). The van der Waals surface area contributed by atoms with Gasteiger partial charge >= 0.3 is 0 Å². The van der Waals surface area contributed by atoms with Crippen molar-refractivity contribution in [2.75, 3.05) is 33.4 Å². The van der Waals surface area contributed by atoms with Gasteiger partial charge in [-0.2, -0.15) is 0 Å². The van der Waals surface area contributed by atoms with Crippen molar-refractivity contribution in [2.24, 2.45) is 5.92 Å². The molecule has 0 spiro atoms. The Morgan fingerprint density at radius 2 is 2.36 bits per heavy atom. The maximum atomic E-state index is 11.8. The topological polar surface area (TPSA) is 41.6 Å². The van der Waals surface area contributed by atoms with Gasteiger partial charge in [0.15, 0.2) is 0 Å². The van der Waals surface area contributed by atoms with Crippen molar-refractivity contribution in [2.45, 2.75) is 19.9 Å². The first kappa shape index (κ1) is 11.5. The third kappa shape index (κ3) is 2.69. The molecular formula is C10H20N2O2. The van der Waals surface area contributed by atoms with Crippen LogP contribution in [0.25, 0.3) is 0 Å². The van der Waals surface area contributed by atoms with Crippen molar-refractivity contribution in [3.63, 3.8) is 0 Å². The molecule has 1 fully saturated rings. The van der Waals surface area contributed by atoms with Crippen molar-refractivity contribution >= 4 is 5.91 Å². The summed E-state index contributed by atoms with van der Waals surface area (Å²) in [6, 6.07) is 0.198. The van der Waals surface area contributed by atoms with Crippen LogP contribution in [0, 0.1) is 5.92 Å². The lowest BCUT2D eigenvalue weighted by Gasteiger charge is -2.36. The molecule has 0 aromatic carbocycles. The van der Waals surface area contributed by atoms with Crippen molar-refractivity contribution < 1.29 is 9.53 Å². The number of hydrogen-bond acceptors (Lipinski definition) is 3. The molecule has 14 heavy (non-hydrogen) atoms. The average Bonchev–Trinajstić information content (AvgIpc) is 2.18. The van der Waals surface area contributed by atoms with Crippen LogP contribution in [0.5, 0.6) is 0 Å². The Balaban J connectivity index is 2.57. The highest BCUT2D eigenvalue weighted by atomic mass is 16.5. The second-order valence-corrected chi connectivity index (χ2v) is 3.97. The summed E-state index contributed by atoms with van der Waals surface area (Å²) in [6.07, 6.45) is 0. The lowest BCUT2D eigenvalue weighted by molar-refractivity contribution is -0.142. The van der Waals surface area contributed by atoms with Crippen LogP contribution in [0.3, 0.4) is 0 Å². The quantitative estimate of drug-likeness (QED) is 0.702. The normalized spacial score (nSPS) is 22.9. The van der Waals surface area contributed by atoms with Crippen LogP contribution in [0.15, 0.2) is 0 Å². The van der Waals surface area contributed by atoms with E-state index in [2.05, 4.69) is 5.32 Å². The van der Waals surface area contributed by atoms with Gasteiger partial charge in [0.25, 0.3) is 0 Å². The summed E-state index contributed by atoms with van der Waals surface area (Å²) in [6.45, 7) is 6.72. The number of rotatable bonds is 3. The van der Waals surface area contributed by atoms with Gasteiger partial charge in [-0.25, -0.2) is 0 Å². The first-order valence-corrected chi connectivity index (χ1v) is 5.19. The van der Waals surface area contributed by atoms with E-state index < -0.39 is 0 Å². The van der Waals surface area contributed by atoms with Crippen LogP contribution in [0.2, 0.25) is 0 Å². The number of carbonyl (C=O) groups is 1. The van der Waals surface area contributed by atoms with Crippen LogP contribution >= 0.6 is 0 Å². The first-order valence-electron chi connectivity index (χ1n) is 5.19. The van der Waals surface area contributed by atoms with E-state index in [-0.39, 0.29) is 17.9 Å². The Morgan fingerprint density at radius 3 is 2.93 bits per heavy atom. The molecule has 1 saturated heterocycles. The molecule has 0 aromatic rings. The molecule has 0 unspecified atom stereocenters. The van der Waals surface area contributed by atoms with Gasteiger partial charge in [0.05, 0.1) is 19.3 Å². The van der Waals surface area contributed by atoms with Gasteiger partial charge < -0.3 is 15.0 Å². The van der Waals surface area contributed by atoms with E-state index in [4.69, 9.17) is 4.74 Å². The average molecular weight is 200 g/mol. The molecule has 0 saturated carbocycles. The fourth-order valence-electron chi connectivity index (χ4n) is 1.68. The van der Waals surface area contributed by atoms with Gasteiger partial charge in [0, 0.05) is 19.0 Å². The molecule has 1 aliphatic heterocycles. The molecule has 0 aliphatic carbocycles. The van der Waals surface area contributed by atoms with Crippen molar-refractivity contribution in [3.8, 4) is 0 Å². The van der Waals surface area contributed by atoms with Crippen LogP contribution in [-0.4, -0.2) is 50.2 Å². The SMILES string of the molecule is CNC[C@H]1COCCN1C(=O)C(C)C. The first-order chi connectivity index (χ1) is 6.66. The third-order valence-electron chi connectivity index (χ3n) is 2.44. The zero-order valence-corrected chi connectivity index (χ0v) is 9.25. The molecule has 1 aliphatic rings. The molecule has 1 N–H and O–H groups in total. The second kappa shape index (κ2) is 5.32. The molecule has 0 radical (unpaired) electrons. The van der Waals surface area contributed by atoms with E-state index in [0.717, 1.165) is 13.1 Å². The van der Waals surface area contributed by atoms with Crippen LogP contribution in [0.1, 0.15) is 13.8 Å². The molecule has 0 aromatic heterocycles. The highest BCUT2D eigenvalue weighted by Crippen LogP contribution is 2.10. The standard InChI is InChI=1S/C10H20N2O2/c1-8(2)10(13)12-4-5-14-7-9(12)6-11-3/h8-9,11H,4-7H2,1-3H3/t9-/m0/s1. The summed E-state index contributed by atoms with van der Waals surface area (Å²) in [7, 11) is 1.90. The van der Waals surface area contributed by atoms with Crippen molar-refractivity contribution in [1.82, 2.24) is 10.2 Å². The highest BCUT2D eigenvalue weighted by Gasteiger charge is 2.27. The van der Waals surface area contributed by atoms with E-state index in [0.29, 0.717) is 13.2 Å². The molecule has 82 valence electrons. The predicted octanol–water partition coefficient (Wildman–Crippen LogP) is 0.0892. The van der Waals surface area contributed by atoms with Crippen LogP contribution in [-0.2, 0) is 9.53 Å². The lowest BCUT2D eigenvalue weighted by Crippen LogP contribution is -2.53. The van der Waals surface area contributed by atoms with Crippen LogP contribution < -0.4 is 5.32 Å². The zero-order valence-electron chi connectivity index (χ0n) is 9.25. The van der Waals surface area contributed by atoms with Gasteiger partial charge in [0.1, 0.15) is 0 Å². The number of morpholine rings is 1. The number of hydrogen-bond donors (Lipinski definition) is 1. The molecular weight excluding hydrogens is 180 g/mol. The Kier molecular flexibility index (Phi) is 4.35. The lowest BCUT2D eigenvalue weighted by atomic mass is 10.1. The Morgan fingerprint density at radius 1 is 1.64 bits per heavy atom. The number of ether oxygens (including phenoxy) is 1. The van der Waals surface area contributed by atoms with Crippen molar-refractivity contribution in [1.29, 1.82) is 0 Å². The Bertz CT molecular complexity index is 193. The highest BCUT2D eigenvalue weighted by molar-refractivity contribution is 5.78. The van der Waals surface area contributed by atoms with Gasteiger partial charge in [-0.3, -0.25) is 4.79 Å². The largest absolute Gasteiger partial charge is 0.377 e. The van der Waals surface area contributed by atoms with E-state index in [1.54, 1.807) is 0 Å². The van der Waals surface area contributed by atoms with E-state index in [1.807, 2.05) is 25.8 Å². The predicted molar refractivity (Wildman–Crippen MR) is 55.1 cm³/mol. The summed E-state index contributed by atoms with van der Waals surface area (Å²) in [5.74, 6) is 0.306. The summed E-state index contributed by atoms with van der Waals surface area (Å²) in [5.41, 5.74) is 0. The third-order valence-corrected chi connectivity index (χ3v) is 2.44. The molecule has 1 heterocycles. The summed E-state index contributed by atoms with van der Waals surface area (Å²) in [5, 5.41) is 3.09. The number of nitrogens with one attached hydrogen (secondary N) is 1. The Hall–Kier alpha value is -0.610. The van der Waals surface area contributed by atoms with Gasteiger partial charge in [0.2, 0.25) is 5.91 Å². The molecule has 4 heteroatoms. The molecule has 1 atom stereocenters. The number of nitrogens with zero attached hydrogens (tertiary/aromatic N) is 1. The Labute approximate surface area is 85.6 Å². The summed E-state index contributed by atoms with van der Waals surface area (Å²) >= 11 is 0. The smallest absolute Gasteiger partial charge is 0.225 e. The van der Waals surface area contributed by atoms with E-state index >= 15 is 0 Å². The van der Waals surface area contributed by atoms with Crippen LogP contribution in [0.4, 0.5) is 0 Å². The number of likely N-dealkylation sites (N-methyl/N-ethyl adjacent to an activating group) is 1. The summed E-state index contributed by atoms with van der Waals surface area (Å²) in [4.78, 5) is 13.8. The second-order valence-electron chi connectivity index (χ2n) is 3.97. The fourth-order valence-corrected chi connectivity index (χ4v) is 1.68. The van der Waals surface area contributed by atoms with E-state index in [9.17, 15) is 4.79 Å². The van der Waals surface area contributed by atoms with E-state index in [1.165, 1.54) is 0 Å². The number of amides is 1. The molecule has 1 amide bonds. The minimum atomic E-state index is 0.0763. The van der Waals surface area contributed by atoms with Gasteiger partial charge in [-0.05, 0) is 7.05 Å². The fraction of sp³-hybridized carbons (Fsp3) is 0.900. The minimum Gasteiger partial charge on any atom is -0.377 e. The maximum Gasteiger partial charge on any atom is 0.225 e. The zero-order chi connectivity index (χ0) is 10.6. The monoisotopic (exact) mass is 200 g/mol. The minimum absolute atomic E-state index is 0.0763. The maximum absolute atomic E-state index is 11.8. The molecule has 0 bridgehead atoms. The van der Waals surface area contributed by atoms with Crippen molar-refractivity contribution in [3.05, 3.63) is 0 Å². The van der Waals surface area contributed by atoms with Gasteiger partial charge in [-0.1, -0.05) is 13.8 Å². The van der Waals surface area contributed by atoms with Gasteiger partial charge in [-0.15, -0.1) is 0 Å².